The van der Waals surface area contributed by atoms with E-state index in [1.165, 1.54) is 9.78 Å². The molecule has 7 heteroatoms. The number of hydrogen-bond donors (Lipinski definition) is 2. The summed E-state index contributed by atoms with van der Waals surface area (Å²) in [6.45, 7) is 0.358. The molecule has 1 atom stereocenters. The molecule has 2 fully saturated rings. The number of rotatable bonds is 2. The van der Waals surface area contributed by atoms with Crippen molar-refractivity contribution in [1.82, 2.24) is 10.2 Å². The number of hydrogen-bond acceptors (Lipinski definition) is 5. The molecule has 24 heavy (non-hydrogen) atoms. The number of carbonyl (C=O) groups excluding carboxylic acids is 2. The lowest BCUT2D eigenvalue weighted by molar-refractivity contribution is -0.135. The molecular formula is C17H15N3O3S. The Kier molecular flexibility index (Phi) is 3.38. The molecule has 2 saturated heterocycles. The number of esters is 1. The van der Waals surface area contributed by atoms with Crippen LogP contribution in [-0.4, -0.2) is 36.4 Å². The van der Waals surface area contributed by atoms with Crippen molar-refractivity contribution in [3.63, 3.8) is 0 Å². The fraction of sp³-hybridized carbons (Fsp3) is 0.235. The lowest BCUT2D eigenvalue weighted by Crippen LogP contribution is -2.25. The standard InChI is InChI=1S/C17H15N3O3S/c1-20-13(15(21)19-17(20)18)7-11-3-5-14(24-11)9-2-4-12-10(6-9)8-23-16(12)22/h3-7,9H,2,8H2,1H3,(H2,18,19,21)/b13-7+. The van der Waals surface area contributed by atoms with Gasteiger partial charge in [-0.05, 0) is 24.6 Å². The van der Waals surface area contributed by atoms with Crippen LogP contribution in [-0.2, 0) is 14.3 Å². The summed E-state index contributed by atoms with van der Waals surface area (Å²) in [7, 11) is 1.69. The van der Waals surface area contributed by atoms with Crippen molar-refractivity contribution >= 4 is 35.2 Å². The molecule has 0 bridgehead atoms. The molecule has 1 aromatic heterocycles. The van der Waals surface area contributed by atoms with E-state index in [1.807, 2.05) is 18.2 Å². The van der Waals surface area contributed by atoms with Gasteiger partial charge in [0.2, 0.25) is 5.96 Å². The van der Waals surface area contributed by atoms with E-state index in [2.05, 4.69) is 11.4 Å². The van der Waals surface area contributed by atoms with Crippen LogP contribution in [0, 0.1) is 5.41 Å². The van der Waals surface area contributed by atoms with E-state index in [4.69, 9.17) is 10.1 Å². The van der Waals surface area contributed by atoms with Crippen LogP contribution in [0.5, 0.6) is 0 Å². The topological polar surface area (TPSA) is 82.5 Å². The minimum atomic E-state index is -0.258. The van der Waals surface area contributed by atoms with Crippen molar-refractivity contribution in [3.05, 3.63) is 50.9 Å². The number of likely N-dealkylation sites (N-methyl/N-ethyl adjacent to an activating group) is 1. The zero-order valence-electron chi connectivity index (χ0n) is 13.0. The zero-order valence-corrected chi connectivity index (χ0v) is 13.8. The molecule has 3 aliphatic rings. The second-order valence-electron chi connectivity index (χ2n) is 5.86. The number of amides is 1. The summed E-state index contributed by atoms with van der Waals surface area (Å²) < 4.78 is 5.06. The van der Waals surface area contributed by atoms with Gasteiger partial charge in [-0.25, -0.2) is 4.79 Å². The van der Waals surface area contributed by atoms with Crippen molar-refractivity contribution in [1.29, 1.82) is 5.41 Å². The highest BCUT2D eigenvalue weighted by Gasteiger charge is 2.30. The number of nitrogens with zero attached hydrogens (tertiary/aromatic N) is 1. The van der Waals surface area contributed by atoms with Crippen LogP contribution >= 0.6 is 11.3 Å². The SMILES string of the molecule is CN1C(=N)NC(=O)/C1=C\c1ccc(C2C=C3COC(=O)C3=CC2)s1. The third kappa shape index (κ3) is 2.37. The van der Waals surface area contributed by atoms with Crippen LogP contribution in [0.1, 0.15) is 22.1 Å². The molecular weight excluding hydrogens is 326 g/mol. The second kappa shape index (κ2) is 5.45. The molecule has 4 rings (SSSR count). The highest BCUT2D eigenvalue weighted by atomic mass is 32.1. The van der Waals surface area contributed by atoms with Crippen molar-refractivity contribution in [2.75, 3.05) is 13.7 Å². The Bertz CT molecular complexity index is 862. The molecule has 0 spiro atoms. The summed E-state index contributed by atoms with van der Waals surface area (Å²) >= 11 is 1.61. The number of ether oxygens (including phenoxy) is 1. The lowest BCUT2D eigenvalue weighted by atomic mass is 9.91. The molecule has 1 aromatic rings. The lowest BCUT2D eigenvalue weighted by Gasteiger charge is -2.14. The van der Waals surface area contributed by atoms with E-state index in [1.54, 1.807) is 24.5 Å². The minimum Gasteiger partial charge on any atom is -0.457 e. The summed E-state index contributed by atoms with van der Waals surface area (Å²) in [4.78, 5) is 27.1. The fourth-order valence-corrected chi connectivity index (χ4v) is 4.04. The third-order valence-corrected chi connectivity index (χ3v) is 5.52. The molecule has 122 valence electrons. The van der Waals surface area contributed by atoms with Gasteiger partial charge < -0.3 is 9.64 Å². The van der Waals surface area contributed by atoms with E-state index in [9.17, 15) is 9.59 Å². The monoisotopic (exact) mass is 341 g/mol. The van der Waals surface area contributed by atoms with Crippen molar-refractivity contribution in [2.24, 2.45) is 0 Å². The van der Waals surface area contributed by atoms with E-state index < -0.39 is 0 Å². The number of guanidine groups is 1. The highest BCUT2D eigenvalue weighted by molar-refractivity contribution is 7.13. The quantitative estimate of drug-likeness (QED) is 0.636. The second-order valence-corrected chi connectivity index (χ2v) is 7.01. The summed E-state index contributed by atoms with van der Waals surface area (Å²) in [5.41, 5.74) is 2.13. The van der Waals surface area contributed by atoms with Crippen LogP contribution < -0.4 is 5.32 Å². The van der Waals surface area contributed by atoms with Crippen LogP contribution in [0.25, 0.3) is 6.08 Å². The van der Waals surface area contributed by atoms with Crippen LogP contribution in [0.4, 0.5) is 0 Å². The molecule has 6 nitrogen and oxygen atoms in total. The number of thiophene rings is 1. The predicted molar refractivity (Wildman–Crippen MR) is 90.4 cm³/mol. The molecule has 3 heterocycles. The van der Waals surface area contributed by atoms with E-state index >= 15 is 0 Å². The van der Waals surface area contributed by atoms with Gasteiger partial charge in [-0.3, -0.25) is 15.5 Å². The first-order valence-corrected chi connectivity index (χ1v) is 8.38. The molecule has 1 amide bonds. The van der Waals surface area contributed by atoms with Gasteiger partial charge in [0.15, 0.2) is 0 Å². The number of carbonyl (C=O) groups is 2. The van der Waals surface area contributed by atoms with Gasteiger partial charge in [0.25, 0.3) is 5.91 Å². The number of nitrogens with one attached hydrogen (secondary N) is 2. The summed E-state index contributed by atoms with van der Waals surface area (Å²) in [5, 5.41) is 10.1. The first-order chi connectivity index (χ1) is 11.5. The van der Waals surface area contributed by atoms with Gasteiger partial charge >= 0.3 is 5.97 Å². The smallest absolute Gasteiger partial charge is 0.338 e. The molecule has 0 radical (unpaired) electrons. The highest BCUT2D eigenvalue weighted by Crippen LogP contribution is 2.37. The summed E-state index contributed by atoms with van der Waals surface area (Å²) in [6, 6.07) is 4.03. The maximum atomic E-state index is 11.8. The molecule has 0 saturated carbocycles. The van der Waals surface area contributed by atoms with E-state index in [0.29, 0.717) is 17.9 Å². The van der Waals surface area contributed by atoms with Gasteiger partial charge in [0.05, 0.1) is 5.57 Å². The summed E-state index contributed by atoms with van der Waals surface area (Å²) in [6.07, 6.45) is 6.62. The maximum absolute atomic E-state index is 11.8. The molecule has 2 N–H and O–H groups in total. The third-order valence-electron chi connectivity index (χ3n) is 4.36. The van der Waals surface area contributed by atoms with Gasteiger partial charge in [-0.15, -0.1) is 11.3 Å². The normalized spacial score (nSPS) is 24.7. The number of fused-ring (bicyclic) bond motifs is 1. The van der Waals surface area contributed by atoms with Crippen molar-refractivity contribution in [2.45, 2.75) is 12.3 Å². The Hall–Kier alpha value is -2.67. The summed E-state index contributed by atoms with van der Waals surface area (Å²) in [5.74, 6) is -0.173. The Morgan fingerprint density at radius 3 is 3.00 bits per heavy atom. The molecule has 0 aromatic carbocycles. The van der Waals surface area contributed by atoms with Gasteiger partial charge in [-0.2, -0.15) is 0 Å². The molecule has 1 unspecified atom stereocenters. The van der Waals surface area contributed by atoms with Crippen LogP contribution in [0.3, 0.4) is 0 Å². The Morgan fingerprint density at radius 2 is 2.25 bits per heavy atom. The molecule has 2 aliphatic heterocycles. The maximum Gasteiger partial charge on any atom is 0.338 e. The van der Waals surface area contributed by atoms with Gasteiger partial charge in [-0.1, -0.05) is 12.2 Å². The Morgan fingerprint density at radius 1 is 1.42 bits per heavy atom. The number of cyclic esters (lactones) is 1. The Balaban J connectivity index is 1.57. The van der Waals surface area contributed by atoms with Gasteiger partial charge in [0, 0.05) is 28.3 Å². The fourth-order valence-electron chi connectivity index (χ4n) is 3.01. The largest absolute Gasteiger partial charge is 0.457 e. The average molecular weight is 341 g/mol. The van der Waals surface area contributed by atoms with E-state index in [0.717, 1.165) is 16.9 Å². The minimum absolute atomic E-state index is 0.0867. The van der Waals surface area contributed by atoms with Crippen molar-refractivity contribution < 1.29 is 14.3 Å². The van der Waals surface area contributed by atoms with Crippen molar-refractivity contribution in [3.8, 4) is 0 Å². The first-order valence-electron chi connectivity index (χ1n) is 7.56. The molecule has 1 aliphatic carbocycles. The van der Waals surface area contributed by atoms with Crippen LogP contribution in [0.15, 0.2) is 41.1 Å². The Labute approximate surface area is 142 Å². The van der Waals surface area contributed by atoms with Gasteiger partial charge in [0.1, 0.15) is 12.3 Å². The number of allylic oxidation sites excluding steroid dienone is 2. The van der Waals surface area contributed by atoms with E-state index in [-0.39, 0.29) is 23.8 Å². The van der Waals surface area contributed by atoms with Crippen LogP contribution in [0.2, 0.25) is 0 Å². The zero-order chi connectivity index (χ0) is 16.8. The first kappa shape index (κ1) is 14.9. The average Bonchev–Trinajstić information content (AvgIpc) is 3.24. The predicted octanol–water partition coefficient (Wildman–Crippen LogP) is 1.98.